The minimum Gasteiger partial charge on any atom is -0.497 e. The molecular formula is C17H13ClN4O2S2. The molecule has 0 spiro atoms. The predicted octanol–water partition coefficient (Wildman–Crippen LogP) is 4.77. The van der Waals surface area contributed by atoms with E-state index < -0.39 is 0 Å². The highest BCUT2D eigenvalue weighted by molar-refractivity contribution is 7.20. The van der Waals surface area contributed by atoms with E-state index in [0.29, 0.717) is 20.2 Å². The summed E-state index contributed by atoms with van der Waals surface area (Å²) >= 11 is 8.63. The molecule has 0 aliphatic heterocycles. The fourth-order valence-corrected chi connectivity index (χ4v) is 4.31. The number of ether oxygens (including phenoxy) is 1. The Morgan fingerprint density at radius 1 is 1.23 bits per heavy atom. The molecule has 9 heteroatoms. The molecule has 0 fully saturated rings. The van der Waals surface area contributed by atoms with Crippen LogP contribution >= 0.6 is 34.3 Å². The molecule has 1 aromatic carbocycles. The first-order valence-electron chi connectivity index (χ1n) is 7.62. The number of fused-ring (bicyclic) bond motifs is 1. The summed E-state index contributed by atoms with van der Waals surface area (Å²) < 4.78 is 8.46. The van der Waals surface area contributed by atoms with Crippen molar-refractivity contribution in [2.24, 2.45) is 0 Å². The highest BCUT2D eigenvalue weighted by atomic mass is 35.5. The normalized spacial score (nSPS) is 11.0. The van der Waals surface area contributed by atoms with Crippen LogP contribution in [0.15, 0.2) is 36.4 Å². The number of carbonyl (C=O) groups is 1. The van der Waals surface area contributed by atoms with Gasteiger partial charge in [0.25, 0.3) is 5.91 Å². The average molecular weight is 405 g/mol. The smallest absolute Gasteiger partial charge is 0.266 e. The van der Waals surface area contributed by atoms with Crippen molar-refractivity contribution in [3.63, 3.8) is 0 Å². The third-order valence-electron chi connectivity index (χ3n) is 3.63. The summed E-state index contributed by atoms with van der Waals surface area (Å²) in [6, 6.07) is 10.9. The van der Waals surface area contributed by atoms with E-state index in [2.05, 4.69) is 15.4 Å². The van der Waals surface area contributed by atoms with Crippen LogP contribution in [0.25, 0.3) is 15.3 Å². The van der Waals surface area contributed by atoms with Gasteiger partial charge < -0.3 is 10.1 Å². The van der Waals surface area contributed by atoms with E-state index >= 15 is 0 Å². The molecule has 3 heterocycles. The van der Waals surface area contributed by atoms with Gasteiger partial charge in [0.2, 0.25) is 5.13 Å². The Kier molecular flexibility index (Phi) is 4.39. The molecule has 0 atom stereocenters. The predicted molar refractivity (Wildman–Crippen MR) is 105 cm³/mol. The number of anilines is 1. The van der Waals surface area contributed by atoms with Crippen LogP contribution < -0.4 is 10.1 Å². The van der Waals surface area contributed by atoms with Crippen LogP contribution in [0.4, 0.5) is 5.82 Å². The number of carbonyl (C=O) groups excluding carboxylic acids is 1. The lowest BCUT2D eigenvalue weighted by Gasteiger charge is -2.05. The number of thiophene rings is 1. The zero-order valence-corrected chi connectivity index (χ0v) is 16.2. The van der Waals surface area contributed by atoms with Gasteiger partial charge in [0.15, 0.2) is 0 Å². The zero-order chi connectivity index (χ0) is 18.3. The maximum Gasteiger partial charge on any atom is 0.266 e. The topological polar surface area (TPSA) is 69.0 Å². The van der Waals surface area contributed by atoms with Gasteiger partial charge in [0.05, 0.1) is 32.2 Å². The fourth-order valence-electron chi connectivity index (χ4n) is 2.46. The van der Waals surface area contributed by atoms with Gasteiger partial charge in [0, 0.05) is 12.1 Å². The molecule has 4 rings (SSSR count). The number of hydrogen-bond acceptors (Lipinski definition) is 6. The van der Waals surface area contributed by atoms with E-state index in [-0.39, 0.29) is 5.91 Å². The Hall–Kier alpha value is -2.42. The summed E-state index contributed by atoms with van der Waals surface area (Å²) in [4.78, 5) is 17.6. The number of amides is 1. The van der Waals surface area contributed by atoms with E-state index in [1.54, 1.807) is 30.0 Å². The monoisotopic (exact) mass is 404 g/mol. The number of aromatic nitrogens is 3. The quantitative estimate of drug-likeness (QED) is 0.532. The third-order valence-corrected chi connectivity index (χ3v) is 5.88. The van der Waals surface area contributed by atoms with Crippen molar-refractivity contribution >= 4 is 56.2 Å². The molecule has 0 aliphatic carbocycles. The van der Waals surface area contributed by atoms with Gasteiger partial charge in [-0.15, -0.1) is 11.3 Å². The Labute approximate surface area is 162 Å². The van der Waals surface area contributed by atoms with E-state index in [4.69, 9.17) is 16.3 Å². The lowest BCUT2D eigenvalue weighted by Crippen LogP contribution is -2.13. The first-order chi connectivity index (χ1) is 12.5. The number of aryl methyl sites for hydroxylation is 1. The van der Waals surface area contributed by atoms with Gasteiger partial charge in [-0.3, -0.25) is 4.79 Å². The Morgan fingerprint density at radius 3 is 2.81 bits per heavy atom. The van der Waals surface area contributed by atoms with Crippen LogP contribution in [0, 0.1) is 6.92 Å². The number of hydrogen-bond donors (Lipinski definition) is 1. The van der Waals surface area contributed by atoms with Crippen molar-refractivity contribution in [1.29, 1.82) is 0 Å². The van der Waals surface area contributed by atoms with Crippen LogP contribution in [0.5, 0.6) is 5.75 Å². The molecule has 0 unspecified atom stereocenters. The number of nitrogens with one attached hydrogen (secondary N) is 1. The van der Waals surface area contributed by atoms with Crippen molar-refractivity contribution in [3.05, 3.63) is 51.3 Å². The minimum atomic E-state index is -0.231. The average Bonchev–Trinajstić information content (AvgIpc) is 3.32. The third kappa shape index (κ3) is 3.18. The zero-order valence-electron chi connectivity index (χ0n) is 13.8. The van der Waals surface area contributed by atoms with E-state index in [1.165, 1.54) is 22.7 Å². The standard InChI is InChI=1S/C17H13ClN4O2S2/c1-9-7-15(20-16(23)13-5-6-14(18)25-13)22(21-9)17-19-11-8-10(24-2)3-4-12(11)26-17/h3-8H,1-2H3,(H,20,23). The van der Waals surface area contributed by atoms with Crippen LogP contribution in [-0.4, -0.2) is 27.8 Å². The molecule has 0 bridgehead atoms. The fraction of sp³-hybridized carbons (Fsp3) is 0.118. The molecular weight excluding hydrogens is 392 g/mol. The van der Waals surface area contributed by atoms with Crippen molar-refractivity contribution in [2.45, 2.75) is 6.92 Å². The second-order valence-corrected chi connectivity index (χ2v) is 8.19. The van der Waals surface area contributed by atoms with Crippen molar-refractivity contribution in [3.8, 4) is 10.9 Å². The number of thiazole rings is 1. The molecule has 4 aromatic rings. The maximum atomic E-state index is 12.4. The largest absolute Gasteiger partial charge is 0.497 e. The number of halogens is 1. The lowest BCUT2D eigenvalue weighted by atomic mass is 10.3. The van der Waals surface area contributed by atoms with Crippen LogP contribution in [-0.2, 0) is 0 Å². The Balaban J connectivity index is 1.70. The van der Waals surface area contributed by atoms with Crippen molar-refractivity contribution < 1.29 is 9.53 Å². The van der Waals surface area contributed by atoms with Crippen molar-refractivity contribution in [1.82, 2.24) is 14.8 Å². The molecule has 3 aromatic heterocycles. The molecule has 0 aliphatic rings. The summed E-state index contributed by atoms with van der Waals surface area (Å²) in [6.45, 7) is 1.87. The highest BCUT2D eigenvalue weighted by Crippen LogP contribution is 2.30. The maximum absolute atomic E-state index is 12.4. The van der Waals surface area contributed by atoms with E-state index in [1.807, 2.05) is 25.1 Å². The first kappa shape index (κ1) is 17.0. The molecule has 1 N–H and O–H groups in total. The number of benzene rings is 1. The summed E-state index contributed by atoms with van der Waals surface area (Å²) in [5.41, 5.74) is 1.60. The van der Waals surface area contributed by atoms with Crippen LogP contribution in [0.2, 0.25) is 4.34 Å². The SMILES string of the molecule is COc1ccc2sc(-n3nc(C)cc3NC(=O)c3ccc(Cl)s3)nc2c1. The Bertz CT molecular complexity index is 1120. The molecule has 1 amide bonds. The summed E-state index contributed by atoms with van der Waals surface area (Å²) in [6.07, 6.45) is 0. The van der Waals surface area contributed by atoms with Gasteiger partial charge in [-0.25, -0.2) is 4.98 Å². The van der Waals surface area contributed by atoms with Crippen molar-refractivity contribution in [2.75, 3.05) is 12.4 Å². The second-order valence-electron chi connectivity index (χ2n) is 5.47. The summed E-state index contributed by atoms with van der Waals surface area (Å²) in [5, 5.41) is 8.02. The van der Waals surface area contributed by atoms with Crippen LogP contribution in [0.1, 0.15) is 15.4 Å². The van der Waals surface area contributed by atoms with Gasteiger partial charge >= 0.3 is 0 Å². The minimum absolute atomic E-state index is 0.231. The molecule has 0 saturated heterocycles. The Morgan fingerprint density at radius 2 is 2.08 bits per heavy atom. The van der Waals surface area contributed by atoms with Gasteiger partial charge in [-0.05, 0) is 31.2 Å². The highest BCUT2D eigenvalue weighted by Gasteiger charge is 2.16. The second kappa shape index (κ2) is 6.71. The number of nitrogens with zero attached hydrogens (tertiary/aromatic N) is 3. The summed E-state index contributed by atoms with van der Waals surface area (Å²) in [5.74, 6) is 1.07. The molecule has 6 nitrogen and oxygen atoms in total. The molecule has 132 valence electrons. The number of methoxy groups -OCH3 is 1. The molecule has 0 saturated carbocycles. The van der Waals surface area contributed by atoms with E-state index in [0.717, 1.165) is 21.7 Å². The molecule has 0 radical (unpaired) electrons. The van der Waals surface area contributed by atoms with E-state index in [9.17, 15) is 4.79 Å². The first-order valence-corrected chi connectivity index (χ1v) is 9.63. The molecule has 26 heavy (non-hydrogen) atoms. The van der Waals surface area contributed by atoms with Crippen LogP contribution in [0.3, 0.4) is 0 Å². The number of rotatable bonds is 4. The van der Waals surface area contributed by atoms with Gasteiger partial charge in [-0.2, -0.15) is 9.78 Å². The lowest BCUT2D eigenvalue weighted by molar-refractivity contribution is 0.103. The van der Waals surface area contributed by atoms with Gasteiger partial charge in [0.1, 0.15) is 11.6 Å². The van der Waals surface area contributed by atoms with Gasteiger partial charge in [-0.1, -0.05) is 22.9 Å². The summed E-state index contributed by atoms with van der Waals surface area (Å²) in [7, 11) is 1.62.